The third kappa shape index (κ3) is 3.67. The molecule has 1 fully saturated rings. The van der Waals surface area contributed by atoms with E-state index in [0.717, 1.165) is 16.7 Å². The van der Waals surface area contributed by atoms with E-state index in [1.54, 1.807) is 54.6 Å². The summed E-state index contributed by atoms with van der Waals surface area (Å²) in [5, 5.41) is 0.391. The molecule has 0 unspecified atom stereocenters. The first-order valence-corrected chi connectivity index (χ1v) is 10.0. The van der Waals surface area contributed by atoms with Crippen LogP contribution < -0.4 is 9.64 Å². The van der Waals surface area contributed by atoms with Crippen LogP contribution in [0.25, 0.3) is 17.4 Å². The van der Waals surface area contributed by atoms with Crippen molar-refractivity contribution in [3.63, 3.8) is 0 Å². The van der Waals surface area contributed by atoms with E-state index in [-0.39, 0.29) is 4.91 Å². The highest BCUT2D eigenvalue weighted by molar-refractivity contribution is 8.19. The Morgan fingerprint density at radius 1 is 1.03 bits per heavy atom. The highest BCUT2D eigenvalue weighted by Crippen LogP contribution is 2.40. The number of rotatable bonds is 4. The summed E-state index contributed by atoms with van der Waals surface area (Å²) in [4.78, 5) is 26.7. The minimum atomic E-state index is -0.441. The Bertz CT molecular complexity index is 1160. The van der Waals surface area contributed by atoms with Crippen LogP contribution in [-0.2, 0) is 4.79 Å². The van der Waals surface area contributed by atoms with E-state index >= 15 is 0 Å². The molecule has 1 aromatic heterocycles. The number of carbonyl (C=O) groups is 2. The number of para-hydroxylation sites is 2. The molecular formula is C21H13Cl2NO4S. The van der Waals surface area contributed by atoms with Gasteiger partial charge in [0.25, 0.3) is 11.1 Å². The molecule has 0 N–H and O–H groups in total. The van der Waals surface area contributed by atoms with Crippen molar-refractivity contribution in [2.45, 2.75) is 0 Å². The summed E-state index contributed by atoms with van der Waals surface area (Å²) in [6, 6.07) is 15.5. The van der Waals surface area contributed by atoms with Gasteiger partial charge in [-0.25, -0.2) is 4.90 Å². The molecular weight excluding hydrogens is 433 g/mol. The lowest BCUT2D eigenvalue weighted by atomic mass is 10.2. The zero-order valence-electron chi connectivity index (χ0n) is 15.0. The number of carbonyl (C=O) groups excluding carboxylic acids is 2. The average Bonchev–Trinajstić information content (AvgIpc) is 3.28. The van der Waals surface area contributed by atoms with Crippen molar-refractivity contribution in [1.29, 1.82) is 0 Å². The van der Waals surface area contributed by atoms with Crippen molar-refractivity contribution >= 4 is 57.9 Å². The normalized spacial score (nSPS) is 15.4. The van der Waals surface area contributed by atoms with E-state index in [1.165, 1.54) is 13.2 Å². The number of furan rings is 1. The maximum atomic E-state index is 12.8. The summed E-state index contributed by atoms with van der Waals surface area (Å²) >= 11 is 13.1. The molecule has 2 aromatic carbocycles. The molecule has 29 heavy (non-hydrogen) atoms. The summed E-state index contributed by atoms with van der Waals surface area (Å²) < 4.78 is 11.1. The molecule has 2 heterocycles. The monoisotopic (exact) mass is 445 g/mol. The Balaban J connectivity index is 1.65. The number of thioether (sulfide) groups is 1. The first kappa shape index (κ1) is 19.6. The topological polar surface area (TPSA) is 59.8 Å². The van der Waals surface area contributed by atoms with Gasteiger partial charge in [0.05, 0.1) is 27.7 Å². The second-order valence-electron chi connectivity index (χ2n) is 5.99. The first-order valence-electron chi connectivity index (χ1n) is 8.45. The lowest BCUT2D eigenvalue weighted by molar-refractivity contribution is -0.113. The van der Waals surface area contributed by atoms with Crippen molar-refractivity contribution in [2.75, 3.05) is 12.0 Å². The van der Waals surface area contributed by atoms with Crippen LogP contribution >= 0.6 is 35.0 Å². The summed E-state index contributed by atoms with van der Waals surface area (Å²) in [5.41, 5.74) is 1.03. The van der Waals surface area contributed by atoms with Gasteiger partial charge in [0.15, 0.2) is 0 Å². The van der Waals surface area contributed by atoms with Gasteiger partial charge in [-0.05, 0) is 48.2 Å². The van der Waals surface area contributed by atoms with Crippen molar-refractivity contribution in [3.05, 3.63) is 75.3 Å². The number of ether oxygens (including phenoxy) is 1. The Morgan fingerprint density at radius 2 is 1.83 bits per heavy atom. The molecule has 0 bridgehead atoms. The van der Waals surface area contributed by atoms with Gasteiger partial charge in [-0.1, -0.05) is 41.4 Å². The highest BCUT2D eigenvalue weighted by Gasteiger charge is 2.38. The number of imide groups is 1. The molecule has 1 aliphatic rings. The third-order valence-corrected chi connectivity index (χ3v) is 5.93. The fourth-order valence-corrected chi connectivity index (χ4v) is 4.10. The van der Waals surface area contributed by atoms with Gasteiger partial charge in [-0.15, -0.1) is 0 Å². The SMILES string of the molecule is COc1ccccc1N1C(=O)S/C(=C\c2ccc(-c3cccc(Cl)c3Cl)o2)C1=O. The highest BCUT2D eigenvalue weighted by atomic mass is 35.5. The molecule has 146 valence electrons. The number of nitrogens with zero attached hydrogens (tertiary/aromatic N) is 1. The van der Waals surface area contributed by atoms with Gasteiger partial charge in [0, 0.05) is 11.6 Å². The average molecular weight is 446 g/mol. The van der Waals surface area contributed by atoms with Crippen LogP contribution in [0.3, 0.4) is 0 Å². The number of hydrogen-bond donors (Lipinski definition) is 0. The number of anilines is 1. The van der Waals surface area contributed by atoms with E-state index < -0.39 is 11.1 Å². The summed E-state index contributed by atoms with van der Waals surface area (Å²) in [7, 11) is 1.49. The fourth-order valence-electron chi connectivity index (χ4n) is 2.89. The molecule has 3 aromatic rings. The van der Waals surface area contributed by atoms with Gasteiger partial charge in [-0.3, -0.25) is 9.59 Å². The lowest BCUT2D eigenvalue weighted by Gasteiger charge is -2.15. The summed E-state index contributed by atoms with van der Waals surface area (Å²) in [5.74, 6) is 0.921. The van der Waals surface area contributed by atoms with Crippen LogP contribution in [0.1, 0.15) is 5.76 Å². The van der Waals surface area contributed by atoms with Gasteiger partial charge < -0.3 is 9.15 Å². The van der Waals surface area contributed by atoms with Crippen LogP contribution in [0.15, 0.2) is 63.9 Å². The zero-order valence-corrected chi connectivity index (χ0v) is 17.3. The second-order valence-corrected chi connectivity index (χ2v) is 7.77. The molecule has 5 nitrogen and oxygen atoms in total. The van der Waals surface area contributed by atoms with E-state index in [0.29, 0.717) is 38.6 Å². The minimum Gasteiger partial charge on any atom is -0.495 e. The van der Waals surface area contributed by atoms with Crippen LogP contribution in [0.4, 0.5) is 10.5 Å². The maximum Gasteiger partial charge on any atom is 0.298 e. The Morgan fingerprint density at radius 3 is 2.62 bits per heavy atom. The number of amides is 2. The smallest absolute Gasteiger partial charge is 0.298 e. The molecule has 0 radical (unpaired) electrons. The fraction of sp³-hybridized carbons (Fsp3) is 0.0476. The second kappa shape index (κ2) is 7.99. The first-order chi connectivity index (χ1) is 14.0. The summed E-state index contributed by atoms with van der Waals surface area (Å²) in [6.45, 7) is 0. The number of hydrogen-bond acceptors (Lipinski definition) is 5. The third-order valence-electron chi connectivity index (χ3n) is 4.24. The number of methoxy groups -OCH3 is 1. The van der Waals surface area contributed by atoms with Gasteiger partial charge in [0.2, 0.25) is 0 Å². The number of halogens is 2. The lowest BCUT2D eigenvalue weighted by Crippen LogP contribution is -2.28. The van der Waals surface area contributed by atoms with E-state index in [9.17, 15) is 9.59 Å². The molecule has 0 spiro atoms. The Kier molecular flexibility index (Phi) is 5.41. The van der Waals surface area contributed by atoms with E-state index in [1.807, 2.05) is 0 Å². The molecule has 4 rings (SSSR count). The predicted octanol–water partition coefficient (Wildman–Crippen LogP) is 6.50. The van der Waals surface area contributed by atoms with Crippen molar-refractivity contribution in [2.24, 2.45) is 0 Å². The molecule has 0 saturated carbocycles. The van der Waals surface area contributed by atoms with Gasteiger partial charge in [0.1, 0.15) is 17.3 Å². The van der Waals surface area contributed by atoms with Gasteiger partial charge >= 0.3 is 0 Å². The number of benzene rings is 2. The van der Waals surface area contributed by atoms with Crippen LogP contribution in [0.2, 0.25) is 10.0 Å². The maximum absolute atomic E-state index is 12.8. The summed E-state index contributed by atoms with van der Waals surface area (Å²) in [6.07, 6.45) is 1.53. The zero-order chi connectivity index (χ0) is 20.5. The van der Waals surface area contributed by atoms with E-state index in [2.05, 4.69) is 0 Å². The van der Waals surface area contributed by atoms with Crippen molar-refractivity contribution < 1.29 is 18.7 Å². The molecule has 8 heteroatoms. The Hall–Kier alpha value is -2.67. The molecule has 0 atom stereocenters. The molecule has 2 amide bonds. The van der Waals surface area contributed by atoms with Gasteiger partial charge in [-0.2, -0.15) is 0 Å². The standard InChI is InChI=1S/C21H13Cl2NO4S/c1-27-17-8-3-2-7-15(17)24-20(25)18(29-21(24)26)11-12-9-10-16(28-12)13-5-4-6-14(22)19(13)23/h2-11H,1H3/b18-11-. The van der Waals surface area contributed by atoms with Crippen LogP contribution in [0, 0.1) is 0 Å². The largest absolute Gasteiger partial charge is 0.495 e. The predicted molar refractivity (Wildman–Crippen MR) is 116 cm³/mol. The quantitative estimate of drug-likeness (QED) is 0.428. The molecule has 1 saturated heterocycles. The molecule has 1 aliphatic heterocycles. The van der Waals surface area contributed by atoms with Crippen LogP contribution in [-0.4, -0.2) is 18.3 Å². The van der Waals surface area contributed by atoms with Crippen molar-refractivity contribution in [1.82, 2.24) is 0 Å². The van der Waals surface area contributed by atoms with Crippen molar-refractivity contribution in [3.8, 4) is 17.1 Å². The molecule has 0 aliphatic carbocycles. The Labute approximate surface area is 180 Å². The van der Waals surface area contributed by atoms with E-state index in [4.69, 9.17) is 32.4 Å². The minimum absolute atomic E-state index is 0.249. The van der Waals surface area contributed by atoms with Crippen LogP contribution in [0.5, 0.6) is 5.75 Å².